The largest absolute Gasteiger partial charge is 0.494 e. The van der Waals surface area contributed by atoms with Gasteiger partial charge < -0.3 is 18.9 Å². The molecule has 0 fully saturated rings. The Hall–Kier alpha value is -9.64. The second kappa shape index (κ2) is 22.8. The minimum atomic E-state index is -0.542. The monoisotopic (exact) mass is 1060 g/mol. The minimum Gasteiger partial charge on any atom is -0.494 e. The fourth-order valence-electron chi connectivity index (χ4n) is 12.4. The third-order valence-electron chi connectivity index (χ3n) is 16.7. The van der Waals surface area contributed by atoms with Crippen LogP contribution in [-0.2, 0) is 11.8 Å². The van der Waals surface area contributed by atoms with E-state index in [0.717, 1.165) is 94.1 Å². The van der Waals surface area contributed by atoms with Gasteiger partial charge in [0, 0.05) is 33.5 Å². The number of anilines is 3. The molecular formula is C78H66N2O2. The SMILES string of the molecule is C=Cc1ccc(OCCCCCCOc2ccc3c(c2)c2cc(-c4ccc(N(c5ccc(-c6ccccc6)cc5)c5ccc6c(c5)C(c5ccc(C)cc5)(c5ccc(CC)cc5)c5ccccc5-6)cc4)ccc2n3-c2ccccc2)cc1. The van der Waals surface area contributed by atoms with Crippen LogP contribution in [0.3, 0.4) is 0 Å². The Morgan fingerprint density at radius 2 is 0.963 bits per heavy atom. The summed E-state index contributed by atoms with van der Waals surface area (Å²) in [6.07, 6.45) is 7.00. The number of unbranched alkanes of at least 4 members (excludes halogenated alkanes) is 3. The number of ether oxygens (including phenoxy) is 2. The summed E-state index contributed by atoms with van der Waals surface area (Å²) < 4.78 is 14.8. The third kappa shape index (κ3) is 9.85. The van der Waals surface area contributed by atoms with Crippen LogP contribution >= 0.6 is 0 Å². The van der Waals surface area contributed by atoms with Gasteiger partial charge in [-0.2, -0.15) is 0 Å². The average molecular weight is 1060 g/mol. The molecule has 1 atom stereocenters. The number of hydrogen-bond acceptors (Lipinski definition) is 3. The molecule has 0 saturated heterocycles. The van der Waals surface area contributed by atoms with Gasteiger partial charge in [0.1, 0.15) is 11.5 Å². The maximum absolute atomic E-state index is 6.48. The summed E-state index contributed by atoms with van der Waals surface area (Å²) in [7, 11) is 0. The molecule has 1 aliphatic rings. The van der Waals surface area contributed by atoms with E-state index >= 15 is 0 Å². The molecule has 1 heterocycles. The molecule has 1 unspecified atom stereocenters. The van der Waals surface area contributed by atoms with Crippen LogP contribution in [0.2, 0.25) is 0 Å². The van der Waals surface area contributed by atoms with E-state index in [2.05, 4.69) is 266 Å². The predicted octanol–water partition coefficient (Wildman–Crippen LogP) is 20.5. The van der Waals surface area contributed by atoms with Gasteiger partial charge >= 0.3 is 0 Å². The van der Waals surface area contributed by atoms with Crippen molar-refractivity contribution in [2.24, 2.45) is 0 Å². The van der Waals surface area contributed by atoms with Crippen molar-refractivity contribution in [3.8, 4) is 50.6 Å². The van der Waals surface area contributed by atoms with E-state index in [4.69, 9.17) is 9.47 Å². The molecule has 1 aromatic heterocycles. The molecule has 11 aromatic carbocycles. The van der Waals surface area contributed by atoms with Gasteiger partial charge in [0.25, 0.3) is 0 Å². The van der Waals surface area contributed by atoms with Gasteiger partial charge in [-0.05, 0) is 197 Å². The van der Waals surface area contributed by atoms with Crippen LogP contribution < -0.4 is 14.4 Å². The summed E-state index contributed by atoms with van der Waals surface area (Å²) >= 11 is 0. The number of fused-ring (bicyclic) bond motifs is 6. The van der Waals surface area contributed by atoms with Crippen molar-refractivity contribution < 1.29 is 9.47 Å². The molecule has 0 spiro atoms. The van der Waals surface area contributed by atoms with Gasteiger partial charge in [-0.1, -0.05) is 195 Å². The topological polar surface area (TPSA) is 26.6 Å². The first-order valence-corrected chi connectivity index (χ1v) is 29.1. The van der Waals surface area contributed by atoms with E-state index in [0.29, 0.717) is 13.2 Å². The first-order valence-electron chi connectivity index (χ1n) is 29.1. The van der Waals surface area contributed by atoms with Crippen LogP contribution in [0.15, 0.2) is 267 Å². The van der Waals surface area contributed by atoms with Crippen molar-refractivity contribution in [3.63, 3.8) is 0 Å². The molecule has 400 valence electrons. The molecule has 0 N–H and O–H groups in total. The number of aryl methyl sites for hydroxylation is 2. The number of aromatic nitrogens is 1. The average Bonchev–Trinajstić information content (AvgIpc) is 3.35. The Labute approximate surface area is 482 Å². The highest BCUT2D eigenvalue weighted by Crippen LogP contribution is 2.57. The van der Waals surface area contributed by atoms with E-state index in [-0.39, 0.29) is 0 Å². The number of rotatable bonds is 19. The van der Waals surface area contributed by atoms with E-state index < -0.39 is 5.41 Å². The maximum Gasteiger partial charge on any atom is 0.120 e. The standard InChI is InChI=1S/C78H66N2O2/c1-4-56-26-37-63(38-27-56)78(62-35-24-55(3)25-36-62)74-23-15-14-22-70(74)71-47-43-67(53-75(71)78)79(65-39-30-59(31-40-65)58-18-10-8-11-19-58)66-41-32-60(33-42-66)61-34-48-76-72(52-61)73-54-69(46-49-77(73)80(76)64-20-12-9-13-21-64)82-51-17-7-6-16-50-81-68-44-28-57(5-2)29-45-68/h5,8-15,18-49,52-54H,2,4,6-7,16-17,50-51H2,1,3H3. The smallest absolute Gasteiger partial charge is 0.120 e. The van der Waals surface area contributed by atoms with E-state index in [9.17, 15) is 0 Å². The molecule has 82 heavy (non-hydrogen) atoms. The van der Waals surface area contributed by atoms with Gasteiger partial charge in [-0.15, -0.1) is 0 Å². The summed E-state index contributed by atoms with van der Waals surface area (Å²) in [6.45, 7) is 9.63. The minimum absolute atomic E-state index is 0.542. The van der Waals surface area contributed by atoms with Gasteiger partial charge in [-0.3, -0.25) is 0 Å². The summed E-state index contributed by atoms with van der Waals surface area (Å²) in [4.78, 5) is 2.43. The van der Waals surface area contributed by atoms with Crippen LogP contribution in [0, 0.1) is 6.92 Å². The fourth-order valence-corrected chi connectivity index (χ4v) is 12.4. The van der Waals surface area contributed by atoms with Crippen molar-refractivity contribution in [2.75, 3.05) is 18.1 Å². The molecule has 0 saturated carbocycles. The second-order valence-electron chi connectivity index (χ2n) is 21.7. The van der Waals surface area contributed by atoms with E-state index in [1.807, 2.05) is 30.3 Å². The Morgan fingerprint density at radius 3 is 1.62 bits per heavy atom. The van der Waals surface area contributed by atoms with E-state index in [1.165, 1.54) is 66.4 Å². The Kier molecular flexibility index (Phi) is 14.4. The Bertz CT molecular complexity index is 4180. The normalized spacial score (nSPS) is 13.4. The van der Waals surface area contributed by atoms with Gasteiger partial charge in [0.15, 0.2) is 0 Å². The highest BCUT2D eigenvalue weighted by molar-refractivity contribution is 6.11. The zero-order chi connectivity index (χ0) is 55.4. The zero-order valence-electron chi connectivity index (χ0n) is 46.8. The van der Waals surface area contributed by atoms with Crippen LogP contribution in [0.25, 0.3) is 66.9 Å². The summed E-state index contributed by atoms with van der Waals surface area (Å²) in [5, 5.41) is 2.35. The van der Waals surface area contributed by atoms with Crippen LogP contribution in [-0.4, -0.2) is 17.8 Å². The second-order valence-corrected chi connectivity index (χ2v) is 21.7. The third-order valence-corrected chi connectivity index (χ3v) is 16.7. The van der Waals surface area contributed by atoms with Crippen molar-refractivity contribution in [2.45, 2.75) is 51.4 Å². The lowest BCUT2D eigenvalue weighted by Gasteiger charge is -2.35. The highest BCUT2D eigenvalue weighted by Gasteiger charge is 2.46. The van der Waals surface area contributed by atoms with Gasteiger partial charge in [0.2, 0.25) is 0 Å². The first-order chi connectivity index (χ1) is 40.5. The lowest BCUT2D eigenvalue weighted by molar-refractivity contribution is 0.288. The van der Waals surface area contributed by atoms with Crippen molar-refractivity contribution in [1.29, 1.82) is 0 Å². The van der Waals surface area contributed by atoms with Gasteiger partial charge in [0.05, 0.1) is 29.7 Å². The molecule has 1 aliphatic carbocycles. The molecule has 0 aliphatic heterocycles. The zero-order valence-corrected chi connectivity index (χ0v) is 46.8. The van der Waals surface area contributed by atoms with Crippen LogP contribution in [0.5, 0.6) is 11.5 Å². The lowest BCUT2D eigenvalue weighted by Crippen LogP contribution is -2.29. The van der Waals surface area contributed by atoms with Crippen molar-refractivity contribution in [3.05, 3.63) is 306 Å². The Balaban J connectivity index is 0.846. The number of nitrogens with zero attached hydrogens (tertiary/aromatic N) is 2. The Morgan fingerprint density at radius 1 is 0.439 bits per heavy atom. The predicted molar refractivity (Wildman–Crippen MR) is 344 cm³/mol. The van der Waals surface area contributed by atoms with Crippen molar-refractivity contribution >= 4 is 44.9 Å². The number of benzene rings is 11. The maximum atomic E-state index is 6.48. The van der Waals surface area contributed by atoms with Crippen molar-refractivity contribution in [1.82, 2.24) is 4.57 Å². The molecule has 12 aromatic rings. The summed E-state index contributed by atoms with van der Waals surface area (Å²) in [5.74, 6) is 1.79. The molecule has 0 bridgehead atoms. The molecule has 4 nitrogen and oxygen atoms in total. The van der Waals surface area contributed by atoms with Crippen LogP contribution in [0.1, 0.15) is 71.6 Å². The molecular weight excluding hydrogens is 997 g/mol. The lowest BCUT2D eigenvalue weighted by atomic mass is 9.67. The highest BCUT2D eigenvalue weighted by atomic mass is 16.5. The number of para-hydroxylation sites is 1. The first kappa shape index (κ1) is 51.8. The number of hydrogen-bond donors (Lipinski definition) is 0. The summed E-state index contributed by atoms with van der Waals surface area (Å²) in [5.41, 5.74) is 22.1. The molecule has 0 amide bonds. The fraction of sp³-hybridized carbons (Fsp3) is 0.128. The molecule has 0 radical (unpaired) electrons. The molecule has 13 rings (SSSR count). The van der Waals surface area contributed by atoms with E-state index in [1.54, 1.807) is 0 Å². The summed E-state index contributed by atoms with van der Waals surface area (Å²) in [6, 6.07) is 95.9. The molecule has 4 heteroatoms. The quantitative estimate of drug-likeness (QED) is 0.0755. The van der Waals surface area contributed by atoms with Crippen LogP contribution in [0.4, 0.5) is 17.1 Å². The van der Waals surface area contributed by atoms with Gasteiger partial charge in [-0.25, -0.2) is 0 Å².